The first-order valence-corrected chi connectivity index (χ1v) is 5.67. The highest BCUT2D eigenvalue weighted by Gasteiger charge is 2.27. The number of hydrogen-bond donors (Lipinski definition) is 1. The number of hydrogen-bond acceptors (Lipinski definition) is 3. The topological polar surface area (TPSA) is 52.3 Å². The van der Waals surface area contributed by atoms with Gasteiger partial charge in [-0.2, -0.15) is 0 Å². The van der Waals surface area contributed by atoms with E-state index < -0.39 is 18.2 Å². The summed E-state index contributed by atoms with van der Waals surface area (Å²) in [6.45, 7) is 1.77. The minimum Gasteiger partial charge on any atom is -0.464 e. The van der Waals surface area contributed by atoms with E-state index in [-0.39, 0.29) is 19.0 Å². The Morgan fingerprint density at radius 2 is 2.00 bits per heavy atom. The summed E-state index contributed by atoms with van der Waals surface area (Å²) in [6, 6.07) is 5.83. The second kappa shape index (κ2) is 7.63. The fourth-order valence-electron chi connectivity index (χ4n) is 1.22. The molecule has 0 aliphatic heterocycles. The minimum absolute atomic E-state index is 0. The van der Waals surface area contributed by atoms with Crippen molar-refractivity contribution in [3.8, 4) is 0 Å². The van der Waals surface area contributed by atoms with Crippen molar-refractivity contribution in [1.82, 2.24) is 0 Å². The molecule has 0 saturated carbocycles. The van der Waals surface area contributed by atoms with Gasteiger partial charge in [-0.25, -0.2) is 9.18 Å². The summed E-state index contributed by atoms with van der Waals surface area (Å²) in [4.78, 5) is 11.1. The van der Waals surface area contributed by atoms with Crippen LogP contribution >= 0.6 is 28.3 Å². The lowest BCUT2D eigenvalue weighted by molar-refractivity contribution is -0.149. The lowest BCUT2D eigenvalue weighted by Crippen LogP contribution is -2.31. The van der Waals surface area contributed by atoms with E-state index in [1.807, 2.05) is 0 Å². The first kappa shape index (κ1) is 16.4. The maximum absolute atomic E-state index is 13.6. The van der Waals surface area contributed by atoms with Crippen LogP contribution in [0, 0.1) is 0 Å². The molecular formula is C11H14BrClFNO2. The first-order valence-electron chi connectivity index (χ1n) is 4.88. The quantitative estimate of drug-likeness (QED) is 0.866. The zero-order valence-corrected chi connectivity index (χ0v) is 11.6. The Morgan fingerprint density at radius 1 is 1.47 bits per heavy atom. The Kier molecular flexibility index (Phi) is 7.34. The van der Waals surface area contributed by atoms with E-state index >= 15 is 0 Å². The molecule has 0 radical (unpaired) electrons. The summed E-state index contributed by atoms with van der Waals surface area (Å²) in [5.74, 6) is -0.919. The van der Waals surface area contributed by atoms with Crippen molar-refractivity contribution in [1.29, 1.82) is 0 Å². The minimum atomic E-state index is -1.83. The zero-order chi connectivity index (χ0) is 12.1. The highest BCUT2D eigenvalue weighted by atomic mass is 79.9. The predicted molar refractivity (Wildman–Crippen MR) is 69.8 cm³/mol. The van der Waals surface area contributed by atoms with Crippen molar-refractivity contribution >= 4 is 34.3 Å². The van der Waals surface area contributed by atoms with Crippen LogP contribution < -0.4 is 5.73 Å². The fourth-order valence-corrected chi connectivity index (χ4v) is 1.49. The highest BCUT2D eigenvalue weighted by Crippen LogP contribution is 2.20. The monoisotopic (exact) mass is 325 g/mol. The fraction of sp³-hybridized carbons (Fsp3) is 0.364. The largest absolute Gasteiger partial charge is 0.464 e. The third kappa shape index (κ3) is 4.61. The van der Waals surface area contributed by atoms with Crippen molar-refractivity contribution in [2.75, 3.05) is 6.61 Å². The molecule has 0 bridgehead atoms. The molecule has 6 heteroatoms. The summed E-state index contributed by atoms with van der Waals surface area (Å²) < 4.78 is 19.0. The number of rotatable bonds is 4. The average molecular weight is 327 g/mol. The van der Waals surface area contributed by atoms with Crippen LogP contribution in [0.1, 0.15) is 18.5 Å². The number of alkyl halides is 1. The van der Waals surface area contributed by atoms with E-state index in [9.17, 15) is 9.18 Å². The van der Waals surface area contributed by atoms with Gasteiger partial charge in [-0.3, -0.25) is 0 Å². The summed E-state index contributed by atoms with van der Waals surface area (Å²) in [5, 5.41) is 0. The number of carbonyl (C=O) groups excluding carboxylic acids is 1. The molecule has 1 unspecified atom stereocenters. The smallest absolute Gasteiger partial charge is 0.342 e. The van der Waals surface area contributed by atoms with Crippen LogP contribution in [0.5, 0.6) is 0 Å². The van der Waals surface area contributed by atoms with Crippen molar-refractivity contribution in [2.45, 2.75) is 19.1 Å². The Labute approximate surface area is 114 Å². The summed E-state index contributed by atoms with van der Waals surface area (Å²) in [7, 11) is 0. The maximum atomic E-state index is 13.6. The molecule has 0 aromatic heterocycles. The van der Waals surface area contributed by atoms with Gasteiger partial charge in [0.2, 0.25) is 6.17 Å². The SMILES string of the molecule is CCOC(=O)C(F)[C@@H](N)c1ccc(Br)cc1.Cl. The number of esters is 1. The number of halogens is 3. The van der Waals surface area contributed by atoms with Gasteiger partial charge < -0.3 is 10.5 Å². The standard InChI is InChI=1S/C11H13BrFNO2.ClH/c1-2-16-11(15)9(13)10(14)7-3-5-8(12)6-4-7;/h3-6,9-10H,2,14H2,1H3;1H/t9?,10-;/m0./s1. The van der Waals surface area contributed by atoms with E-state index in [2.05, 4.69) is 20.7 Å². The van der Waals surface area contributed by atoms with Gasteiger partial charge in [0.15, 0.2) is 0 Å². The lowest BCUT2D eigenvalue weighted by atomic mass is 10.0. The van der Waals surface area contributed by atoms with Gasteiger partial charge >= 0.3 is 5.97 Å². The Balaban J connectivity index is 0.00000256. The van der Waals surface area contributed by atoms with Gasteiger partial charge in [-0.05, 0) is 24.6 Å². The van der Waals surface area contributed by atoms with Crippen LogP contribution in [-0.4, -0.2) is 18.7 Å². The highest BCUT2D eigenvalue weighted by molar-refractivity contribution is 9.10. The molecule has 96 valence electrons. The van der Waals surface area contributed by atoms with Crippen LogP contribution in [0.15, 0.2) is 28.7 Å². The third-order valence-corrected chi connectivity index (χ3v) is 2.61. The van der Waals surface area contributed by atoms with Crippen LogP contribution in [-0.2, 0) is 9.53 Å². The molecule has 0 heterocycles. The van der Waals surface area contributed by atoms with Crippen molar-refractivity contribution in [3.05, 3.63) is 34.3 Å². The molecular weight excluding hydrogens is 312 g/mol. The van der Waals surface area contributed by atoms with Gasteiger partial charge in [-0.1, -0.05) is 28.1 Å². The Bertz CT molecular complexity index is 361. The number of nitrogens with two attached hydrogens (primary N) is 1. The molecule has 2 N–H and O–H groups in total. The summed E-state index contributed by atoms with van der Waals surface area (Å²) in [6.07, 6.45) is -1.83. The lowest BCUT2D eigenvalue weighted by Gasteiger charge is -2.15. The van der Waals surface area contributed by atoms with Gasteiger partial charge in [0.05, 0.1) is 12.6 Å². The molecule has 1 aromatic rings. The Hall–Kier alpha value is -0.650. The van der Waals surface area contributed by atoms with E-state index in [0.29, 0.717) is 5.56 Å². The molecule has 0 aliphatic rings. The van der Waals surface area contributed by atoms with Gasteiger partial charge in [0.25, 0.3) is 0 Å². The zero-order valence-electron chi connectivity index (χ0n) is 9.23. The second-order valence-electron chi connectivity index (χ2n) is 3.23. The number of carbonyl (C=O) groups is 1. The normalized spacial score (nSPS) is 13.4. The van der Waals surface area contributed by atoms with Gasteiger partial charge in [0.1, 0.15) is 0 Å². The van der Waals surface area contributed by atoms with Crippen LogP contribution in [0.4, 0.5) is 4.39 Å². The van der Waals surface area contributed by atoms with E-state index in [0.717, 1.165) is 4.47 Å². The molecule has 0 saturated heterocycles. The van der Waals surface area contributed by atoms with Gasteiger partial charge in [-0.15, -0.1) is 12.4 Å². The molecule has 0 amide bonds. The second-order valence-corrected chi connectivity index (χ2v) is 4.15. The van der Waals surface area contributed by atoms with Crippen LogP contribution in [0.2, 0.25) is 0 Å². The third-order valence-electron chi connectivity index (χ3n) is 2.08. The van der Waals surface area contributed by atoms with Crippen LogP contribution in [0.3, 0.4) is 0 Å². The van der Waals surface area contributed by atoms with Crippen molar-refractivity contribution in [2.24, 2.45) is 5.73 Å². The van der Waals surface area contributed by atoms with Crippen molar-refractivity contribution < 1.29 is 13.9 Å². The molecule has 1 rings (SSSR count). The molecule has 0 aliphatic carbocycles. The summed E-state index contributed by atoms with van der Waals surface area (Å²) in [5.41, 5.74) is 6.19. The average Bonchev–Trinajstić information content (AvgIpc) is 2.28. The summed E-state index contributed by atoms with van der Waals surface area (Å²) >= 11 is 3.26. The predicted octanol–water partition coefficient (Wildman–Crippen LogP) is 2.77. The van der Waals surface area contributed by atoms with Crippen molar-refractivity contribution in [3.63, 3.8) is 0 Å². The van der Waals surface area contributed by atoms with Gasteiger partial charge in [0, 0.05) is 4.47 Å². The Morgan fingerprint density at radius 3 is 2.47 bits per heavy atom. The van der Waals surface area contributed by atoms with E-state index in [1.54, 1.807) is 31.2 Å². The van der Waals surface area contributed by atoms with E-state index in [4.69, 9.17) is 5.73 Å². The first-order chi connectivity index (χ1) is 7.56. The maximum Gasteiger partial charge on any atom is 0.342 e. The molecule has 3 nitrogen and oxygen atoms in total. The molecule has 0 spiro atoms. The van der Waals surface area contributed by atoms with E-state index in [1.165, 1.54) is 0 Å². The molecule has 2 atom stereocenters. The molecule has 17 heavy (non-hydrogen) atoms. The van der Waals surface area contributed by atoms with Crippen LogP contribution in [0.25, 0.3) is 0 Å². The molecule has 1 aromatic carbocycles. The molecule has 0 fully saturated rings. The number of benzene rings is 1. The number of ether oxygens (including phenoxy) is 1.